The highest BCUT2D eigenvalue weighted by Gasteiger charge is 2.16. The average molecular weight is 396 g/mol. The van der Waals surface area contributed by atoms with Gasteiger partial charge in [0.25, 0.3) is 5.56 Å². The summed E-state index contributed by atoms with van der Waals surface area (Å²) in [6, 6.07) is 7.80. The van der Waals surface area contributed by atoms with Crippen LogP contribution in [0.25, 0.3) is 22.6 Å². The molecule has 0 bridgehead atoms. The zero-order valence-corrected chi connectivity index (χ0v) is 16.0. The molecule has 2 heterocycles. The van der Waals surface area contributed by atoms with E-state index in [-0.39, 0.29) is 0 Å². The van der Waals surface area contributed by atoms with Gasteiger partial charge in [-0.1, -0.05) is 0 Å². The summed E-state index contributed by atoms with van der Waals surface area (Å²) in [7, 11) is 3.34. The molecular formula is C17H19Cl2N5O2. The number of halogens is 2. The highest BCUT2D eigenvalue weighted by atomic mass is 35.5. The summed E-state index contributed by atoms with van der Waals surface area (Å²) in [6.45, 7) is 1.41. The molecule has 0 saturated heterocycles. The summed E-state index contributed by atoms with van der Waals surface area (Å²) in [5.74, 6) is 1.64. The Morgan fingerprint density at radius 1 is 1.04 bits per heavy atom. The number of fused-ring (bicyclic) bond motifs is 1. The largest absolute Gasteiger partial charge is 0.369 e. The molecule has 0 saturated carbocycles. The molecule has 2 aromatic heterocycles. The van der Waals surface area contributed by atoms with Crippen LogP contribution in [0, 0.1) is 0 Å². The fourth-order valence-corrected chi connectivity index (χ4v) is 3.37. The number of hydrogen-bond donors (Lipinski definition) is 1. The standard InChI is InChI=1S/C17H19Cl2N5O2/c1-22-13-15(23(2)17(26)21-16(13)25)20-14(22)11-3-5-12(6-4-11)24(9-7-18)10-8-19/h3-6H,7-10H2,1-2H3,(H,21,25,26). The van der Waals surface area contributed by atoms with E-state index in [4.69, 9.17) is 23.2 Å². The van der Waals surface area contributed by atoms with E-state index in [0.29, 0.717) is 41.8 Å². The Labute approximate surface area is 159 Å². The smallest absolute Gasteiger partial charge is 0.329 e. The number of aryl methyl sites for hydroxylation is 2. The van der Waals surface area contributed by atoms with Crippen LogP contribution >= 0.6 is 23.2 Å². The van der Waals surface area contributed by atoms with Crippen molar-refractivity contribution in [1.29, 1.82) is 0 Å². The van der Waals surface area contributed by atoms with Crippen LogP contribution in [0.3, 0.4) is 0 Å². The second-order valence-corrected chi connectivity index (χ2v) is 6.65. The van der Waals surface area contributed by atoms with E-state index < -0.39 is 11.2 Å². The fraction of sp³-hybridized carbons (Fsp3) is 0.353. The van der Waals surface area contributed by atoms with Crippen molar-refractivity contribution in [1.82, 2.24) is 19.1 Å². The van der Waals surface area contributed by atoms with Gasteiger partial charge in [0.2, 0.25) is 0 Å². The van der Waals surface area contributed by atoms with Gasteiger partial charge in [-0.25, -0.2) is 9.78 Å². The SMILES string of the molecule is Cn1c(-c2ccc(N(CCCl)CCCl)cc2)nc2c1c(=O)[nH]c(=O)n2C. The van der Waals surface area contributed by atoms with Gasteiger partial charge < -0.3 is 9.47 Å². The first-order valence-electron chi connectivity index (χ1n) is 8.11. The molecular weight excluding hydrogens is 377 g/mol. The summed E-state index contributed by atoms with van der Waals surface area (Å²) < 4.78 is 3.02. The zero-order valence-electron chi connectivity index (χ0n) is 14.5. The van der Waals surface area contributed by atoms with Crippen LogP contribution in [0.2, 0.25) is 0 Å². The van der Waals surface area contributed by atoms with Crippen molar-refractivity contribution in [3.8, 4) is 11.4 Å². The molecule has 0 spiro atoms. The van der Waals surface area contributed by atoms with E-state index in [1.165, 1.54) is 4.57 Å². The monoisotopic (exact) mass is 395 g/mol. The molecule has 0 radical (unpaired) electrons. The number of alkyl halides is 2. The van der Waals surface area contributed by atoms with Gasteiger partial charge in [-0.15, -0.1) is 23.2 Å². The Balaban J connectivity index is 2.06. The fourth-order valence-electron chi connectivity index (χ4n) is 2.96. The summed E-state index contributed by atoms with van der Waals surface area (Å²) in [4.78, 5) is 32.8. The van der Waals surface area contributed by atoms with Crippen molar-refractivity contribution in [3.05, 3.63) is 45.1 Å². The van der Waals surface area contributed by atoms with Crippen LogP contribution < -0.4 is 16.1 Å². The van der Waals surface area contributed by atoms with E-state index in [9.17, 15) is 9.59 Å². The van der Waals surface area contributed by atoms with Gasteiger partial charge in [-0.2, -0.15) is 0 Å². The van der Waals surface area contributed by atoms with E-state index in [2.05, 4.69) is 14.9 Å². The second-order valence-electron chi connectivity index (χ2n) is 5.90. The molecule has 1 N–H and O–H groups in total. The molecule has 1 aromatic carbocycles. The number of H-pyrrole nitrogens is 1. The molecule has 26 heavy (non-hydrogen) atoms. The number of nitrogens with zero attached hydrogens (tertiary/aromatic N) is 4. The number of benzene rings is 1. The topological polar surface area (TPSA) is 75.9 Å². The lowest BCUT2D eigenvalue weighted by atomic mass is 10.2. The van der Waals surface area contributed by atoms with Crippen LogP contribution in [0.15, 0.2) is 33.9 Å². The number of hydrogen-bond acceptors (Lipinski definition) is 4. The number of rotatable bonds is 6. The number of nitrogens with one attached hydrogen (secondary N) is 1. The number of aromatic amines is 1. The lowest BCUT2D eigenvalue weighted by Gasteiger charge is -2.23. The Hall–Kier alpha value is -2.25. The zero-order chi connectivity index (χ0) is 18.8. The molecule has 0 aliphatic carbocycles. The Bertz CT molecular complexity index is 1030. The molecule has 3 aromatic rings. The van der Waals surface area contributed by atoms with Crippen molar-refractivity contribution >= 4 is 40.1 Å². The summed E-state index contributed by atoms with van der Waals surface area (Å²) in [5, 5.41) is 0. The normalized spacial score (nSPS) is 11.2. The van der Waals surface area contributed by atoms with Crippen LogP contribution in [-0.2, 0) is 14.1 Å². The molecule has 3 rings (SSSR count). The Kier molecular flexibility index (Phi) is 5.38. The van der Waals surface area contributed by atoms with Gasteiger partial charge >= 0.3 is 5.69 Å². The molecule has 0 fully saturated rings. The van der Waals surface area contributed by atoms with Crippen LogP contribution in [0.1, 0.15) is 0 Å². The highest BCUT2D eigenvalue weighted by Crippen LogP contribution is 2.24. The molecule has 138 valence electrons. The molecule has 0 amide bonds. The quantitative estimate of drug-likeness (QED) is 0.646. The highest BCUT2D eigenvalue weighted by molar-refractivity contribution is 6.18. The lowest BCUT2D eigenvalue weighted by Crippen LogP contribution is -2.29. The van der Waals surface area contributed by atoms with Gasteiger partial charge in [0.05, 0.1) is 0 Å². The van der Waals surface area contributed by atoms with Gasteiger partial charge in [-0.3, -0.25) is 14.3 Å². The molecule has 0 atom stereocenters. The maximum absolute atomic E-state index is 12.1. The van der Waals surface area contributed by atoms with Crippen molar-refractivity contribution in [2.75, 3.05) is 29.7 Å². The van der Waals surface area contributed by atoms with Gasteiger partial charge in [0.1, 0.15) is 5.82 Å². The van der Waals surface area contributed by atoms with Crippen LogP contribution in [0.5, 0.6) is 0 Å². The minimum absolute atomic E-state index is 0.353. The first kappa shape index (κ1) is 18.5. The summed E-state index contributed by atoms with van der Waals surface area (Å²) in [6.07, 6.45) is 0. The first-order chi connectivity index (χ1) is 12.5. The number of imidazole rings is 1. The van der Waals surface area contributed by atoms with Gasteiger partial charge in [-0.05, 0) is 24.3 Å². The third-order valence-corrected chi connectivity index (χ3v) is 4.67. The van der Waals surface area contributed by atoms with Crippen LogP contribution in [0.4, 0.5) is 5.69 Å². The van der Waals surface area contributed by atoms with Crippen molar-refractivity contribution in [2.45, 2.75) is 0 Å². The van der Waals surface area contributed by atoms with Crippen molar-refractivity contribution in [2.24, 2.45) is 14.1 Å². The predicted molar refractivity (Wildman–Crippen MR) is 106 cm³/mol. The molecule has 7 nitrogen and oxygen atoms in total. The molecule has 9 heteroatoms. The minimum Gasteiger partial charge on any atom is -0.369 e. The van der Waals surface area contributed by atoms with Crippen molar-refractivity contribution in [3.63, 3.8) is 0 Å². The maximum Gasteiger partial charge on any atom is 0.329 e. The lowest BCUT2D eigenvalue weighted by molar-refractivity contribution is 0.829. The van der Waals surface area contributed by atoms with E-state index in [1.807, 2.05) is 24.3 Å². The first-order valence-corrected chi connectivity index (χ1v) is 9.18. The average Bonchev–Trinajstić information content (AvgIpc) is 2.98. The maximum atomic E-state index is 12.1. The van der Waals surface area contributed by atoms with E-state index in [0.717, 1.165) is 11.3 Å². The third kappa shape index (κ3) is 3.24. The number of anilines is 1. The Morgan fingerprint density at radius 2 is 1.65 bits per heavy atom. The minimum atomic E-state index is -0.486. The second kappa shape index (κ2) is 7.55. The third-order valence-electron chi connectivity index (χ3n) is 4.33. The van der Waals surface area contributed by atoms with Gasteiger partial charge in [0, 0.05) is 50.2 Å². The molecule has 0 unspecified atom stereocenters. The molecule has 0 aliphatic rings. The van der Waals surface area contributed by atoms with E-state index in [1.54, 1.807) is 18.7 Å². The molecule has 0 aliphatic heterocycles. The predicted octanol–water partition coefficient (Wildman–Crippen LogP) is 1.91. The number of aromatic nitrogens is 4. The Morgan fingerprint density at radius 3 is 2.23 bits per heavy atom. The van der Waals surface area contributed by atoms with Crippen molar-refractivity contribution < 1.29 is 0 Å². The van der Waals surface area contributed by atoms with E-state index >= 15 is 0 Å². The van der Waals surface area contributed by atoms with Crippen LogP contribution in [-0.4, -0.2) is 44.0 Å². The van der Waals surface area contributed by atoms with Gasteiger partial charge in [0.15, 0.2) is 11.2 Å². The summed E-state index contributed by atoms with van der Waals surface area (Å²) >= 11 is 11.7. The summed E-state index contributed by atoms with van der Waals surface area (Å²) in [5.41, 5.74) is 1.63.